The van der Waals surface area contributed by atoms with Crippen molar-refractivity contribution in [2.45, 2.75) is 18.0 Å². The lowest BCUT2D eigenvalue weighted by atomic mass is 9.78. The number of carbonyl (C=O) groups excluding carboxylic acids is 3. The molecule has 2 amide bonds. The smallest absolute Gasteiger partial charge is 0.326 e. The Labute approximate surface area is 188 Å². The van der Waals surface area contributed by atoms with Crippen LogP contribution in [0.4, 0.5) is 14.5 Å². The first kappa shape index (κ1) is 22.4. The van der Waals surface area contributed by atoms with Crippen LogP contribution in [0, 0.1) is 23.5 Å². The molecule has 0 aliphatic carbocycles. The average Bonchev–Trinajstić information content (AvgIpc) is 3.27. The molecule has 9 heteroatoms. The highest BCUT2D eigenvalue weighted by Crippen LogP contribution is 2.52. The van der Waals surface area contributed by atoms with Gasteiger partial charge in [-0.2, -0.15) is 11.8 Å². The van der Waals surface area contributed by atoms with Crippen molar-refractivity contribution in [3.63, 3.8) is 0 Å². The Kier molecular flexibility index (Phi) is 6.05. The van der Waals surface area contributed by atoms with Gasteiger partial charge in [-0.25, -0.2) is 13.7 Å². The van der Waals surface area contributed by atoms with Crippen LogP contribution < -0.4 is 10.2 Å². The van der Waals surface area contributed by atoms with E-state index in [0.717, 1.165) is 11.0 Å². The van der Waals surface area contributed by atoms with Gasteiger partial charge < -0.3 is 4.74 Å². The van der Waals surface area contributed by atoms with Crippen molar-refractivity contribution in [2.75, 3.05) is 24.0 Å². The minimum absolute atomic E-state index is 0.161. The van der Waals surface area contributed by atoms with Crippen LogP contribution in [0.5, 0.6) is 0 Å². The maximum absolute atomic E-state index is 14.8. The molecule has 168 valence electrons. The number of methoxy groups -OCH3 is 1. The van der Waals surface area contributed by atoms with Crippen molar-refractivity contribution < 1.29 is 27.9 Å². The number of carbonyl (C=O) groups is 3. The first-order chi connectivity index (χ1) is 15.4. The maximum atomic E-state index is 14.8. The molecule has 2 aromatic carbocycles. The zero-order valence-corrected chi connectivity index (χ0v) is 18.3. The van der Waals surface area contributed by atoms with Gasteiger partial charge in [0.15, 0.2) is 0 Å². The van der Waals surface area contributed by atoms with E-state index in [4.69, 9.17) is 4.74 Å². The number of ether oxygens (including phenoxy) is 1. The van der Waals surface area contributed by atoms with Crippen molar-refractivity contribution >= 4 is 35.2 Å². The third-order valence-electron chi connectivity index (χ3n) is 6.24. The molecule has 2 saturated heterocycles. The summed E-state index contributed by atoms with van der Waals surface area (Å²) in [6, 6.07) is 10.4. The van der Waals surface area contributed by atoms with E-state index in [1.807, 2.05) is 6.26 Å². The highest BCUT2D eigenvalue weighted by molar-refractivity contribution is 7.98. The second-order valence-electron chi connectivity index (χ2n) is 7.82. The van der Waals surface area contributed by atoms with Crippen molar-refractivity contribution in [1.29, 1.82) is 0 Å². The van der Waals surface area contributed by atoms with Crippen LogP contribution in [0.2, 0.25) is 0 Å². The lowest BCUT2D eigenvalue weighted by molar-refractivity contribution is -0.152. The van der Waals surface area contributed by atoms with Gasteiger partial charge in [0.2, 0.25) is 11.8 Å². The van der Waals surface area contributed by atoms with Crippen molar-refractivity contribution in [3.05, 3.63) is 65.7 Å². The molecular formula is C23H22F2N2O4S. The van der Waals surface area contributed by atoms with Crippen LogP contribution in [0.15, 0.2) is 48.5 Å². The molecule has 0 radical (unpaired) electrons. The third-order valence-corrected chi connectivity index (χ3v) is 6.85. The van der Waals surface area contributed by atoms with Crippen molar-refractivity contribution in [2.24, 2.45) is 11.8 Å². The average molecular weight is 461 g/mol. The molecule has 2 aliphatic heterocycles. The molecule has 2 fully saturated rings. The Balaban J connectivity index is 1.90. The van der Waals surface area contributed by atoms with Crippen LogP contribution in [0.25, 0.3) is 0 Å². The molecule has 0 spiro atoms. The maximum Gasteiger partial charge on any atom is 0.326 e. The first-order valence-electron chi connectivity index (χ1n) is 10.1. The van der Waals surface area contributed by atoms with E-state index in [9.17, 15) is 23.2 Å². The van der Waals surface area contributed by atoms with Crippen LogP contribution in [-0.2, 0) is 19.1 Å². The minimum Gasteiger partial charge on any atom is -0.468 e. The third kappa shape index (κ3) is 3.31. The summed E-state index contributed by atoms with van der Waals surface area (Å²) in [5.74, 6) is -5.19. The van der Waals surface area contributed by atoms with E-state index < -0.39 is 52.8 Å². The van der Waals surface area contributed by atoms with Gasteiger partial charge in [-0.15, -0.1) is 0 Å². The number of benzene rings is 2. The van der Waals surface area contributed by atoms with Gasteiger partial charge in [0.05, 0.1) is 24.6 Å². The van der Waals surface area contributed by atoms with Gasteiger partial charge >= 0.3 is 5.97 Å². The Morgan fingerprint density at radius 1 is 1.09 bits per heavy atom. The minimum atomic E-state index is -1.55. The number of esters is 1. The quantitative estimate of drug-likeness (QED) is 0.528. The molecule has 4 rings (SSSR count). The highest BCUT2D eigenvalue weighted by Gasteiger charge is 2.69. The number of imide groups is 1. The monoisotopic (exact) mass is 460 g/mol. The summed E-state index contributed by atoms with van der Waals surface area (Å²) in [6.07, 6.45) is 2.02. The number of halogens is 2. The molecule has 0 aromatic heterocycles. The number of anilines is 1. The van der Waals surface area contributed by atoms with E-state index in [1.54, 1.807) is 6.07 Å². The molecule has 6 nitrogen and oxygen atoms in total. The summed E-state index contributed by atoms with van der Waals surface area (Å²) in [4.78, 5) is 41.0. The highest BCUT2D eigenvalue weighted by atomic mass is 32.2. The molecule has 32 heavy (non-hydrogen) atoms. The SMILES string of the molecule is COC(=O)[C@@]1(CCSC)N[C@@H](c2ccccc2F)[C@H]2C(=O)N(c3ccccc3F)C(=O)[C@H]21. The topological polar surface area (TPSA) is 75.7 Å². The standard InChI is InChI=1S/C23H22F2N2O4S/c1-31-22(30)23(11-12-32-2)18-17(19(26-23)13-7-3-4-8-14(13)24)20(28)27(21(18)29)16-10-6-5-9-15(16)25/h3-10,17-19,26H,11-12H2,1-2H3/t17-,18-,19-,23-/m0/s1. The van der Waals surface area contributed by atoms with Crippen LogP contribution in [-0.4, -0.2) is 42.4 Å². The number of rotatable bonds is 6. The summed E-state index contributed by atoms with van der Waals surface area (Å²) in [6.45, 7) is 0. The van der Waals surface area contributed by atoms with Crippen LogP contribution >= 0.6 is 11.8 Å². The zero-order valence-electron chi connectivity index (χ0n) is 17.5. The largest absolute Gasteiger partial charge is 0.468 e. The van der Waals surface area contributed by atoms with E-state index in [-0.39, 0.29) is 17.7 Å². The van der Waals surface area contributed by atoms with Crippen LogP contribution in [0.3, 0.4) is 0 Å². The van der Waals surface area contributed by atoms with E-state index in [1.165, 1.54) is 55.3 Å². The Bertz CT molecular complexity index is 1080. The fourth-order valence-corrected chi connectivity index (χ4v) is 5.36. The van der Waals surface area contributed by atoms with E-state index in [2.05, 4.69) is 5.32 Å². The predicted molar refractivity (Wildman–Crippen MR) is 116 cm³/mol. The van der Waals surface area contributed by atoms with Crippen LogP contribution in [0.1, 0.15) is 18.0 Å². The molecule has 2 aromatic rings. The lowest BCUT2D eigenvalue weighted by Crippen LogP contribution is -2.56. The molecule has 2 aliphatic rings. The Hall–Kier alpha value is -2.78. The number of hydrogen-bond acceptors (Lipinski definition) is 6. The van der Waals surface area contributed by atoms with Gasteiger partial charge in [0, 0.05) is 11.6 Å². The fourth-order valence-electron chi connectivity index (χ4n) is 4.83. The normalized spacial score (nSPS) is 27.0. The number of thioether (sulfide) groups is 1. The summed E-state index contributed by atoms with van der Waals surface area (Å²) in [5.41, 5.74) is -1.58. The lowest BCUT2D eigenvalue weighted by Gasteiger charge is -2.32. The van der Waals surface area contributed by atoms with Crippen molar-refractivity contribution in [3.8, 4) is 0 Å². The molecule has 4 atom stereocenters. The molecule has 0 saturated carbocycles. The van der Waals surface area contributed by atoms with Crippen molar-refractivity contribution in [1.82, 2.24) is 5.32 Å². The number of fused-ring (bicyclic) bond motifs is 1. The molecule has 0 bridgehead atoms. The second-order valence-corrected chi connectivity index (χ2v) is 8.80. The molecule has 2 heterocycles. The number of para-hydroxylation sites is 1. The number of amides is 2. The van der Waals surface area contributed by atoms with Gasteiger partial charge in [0.1, 0.15) is 17.2 Å². The van der Waals surface area contributed by atoms with E-state index in [0.29, 0.717) is 5.75 Å². The summed E-state index contributed by atoms with van der Waals surface area (Å²) in [7, 11) is 1.20. The molecular weight excluding hydrogens is 438 g/mol. The zero-order chi connectivity index (χ0) is 23.0. The summed E-state index contributed by atoms with van der Waals surface area (Å²) >= 11 is 1.46. The van der Waals surface area contributed by atoms with Gasteiger partial charge in [0.25, 0.3) is 0 Å². The second kappa shape index (κ2) is 8.63. The fraction of sp³-hybridized carbons (Fsp3) is 0.348. The van der Waals surface area contributed by atoms with Gasteiger partial charge in [-0.3, -0.25) is 19.7 Å². The summed E-state index contributed by atoms with van der Waals surface area (Å²) in [5, 5.41) is 3.11. The Morgan fingerprint density at radius 2 is 1.75 bits per heavy atom. The van der Waals surface area contributed by atoms with Gasteiger partial charge in [-0.1, -0.05) is 30.3 Å². The first-order valence-corrected chi connectivity index (χ1v) is 11.5. The summed E-state index contributed by atoms with van der Waals surface area (Å²) < 4.78 is 34.4. The predicted octanol–water partition coefficient (Wildman–Crippen LogP) is 3.08. The molecule has 0 unspecified atom stereocenters. The number of nitrogens with zero attached hydrogens (tertiary/aromatic N) is 1. The number of nitrogens with one attached hydrogen (secondary N) is 1. The molecule has 1 N–H and O–H groups in total. The van der Waals surface area contributed by atoms with E-state index >= 15 is 0 Å². The Morgan fingerprint density at radius 3 is 2.38 bits per heavy atom. The van der Waals surface area contributed by atoms with Gasteiger partial charge in [-0.05, 0) is 36.6 Å². The number of hydrogen-bond donors (Lipinski definition) is 1.